The number of hydrogen-bond donors (Lipinski definition) is 1. The predicted octanol–water partition coefficient (Wildman–Crippen LogP) is 4.51. The third kappa shape index (κ3) is 3.33. The largest absolute Gasteiger partial charge is 0.573 e. The van der Waals surface area contributed by atoms with E-state index in [-0.39, 0.29) is 5.75 Å². The average Bonchev–Trinajstić information content (AvgIpc) is 3.17. The first kappa shape index (κ1) is 17.0. The number of aromatic nitrogens is 3. The molecule has 2 heterocycles. The van der Waals surface area contributed by atoms with Gasteiger partial charge in [0.05, 0.1) is 11.7 Å². The maximum atomic E-state index is 12.4. The number of benzene rings is 2. The minimum atomic E-state index is -4.72. The van der Waals surface area contributed by atoms with Gasteiger partial charge in [-0.15, -0.1) is 13.2 Å². The molecular weight excluding hydrogens is 357 g/mol. The van der Waals surface area contributed by atoms with Gasteiger partial charge < -0.3 is 15.0 Å². The molecule has 0 aliphatic heterocycles. The van der Waals surface area contributed by atoms with Crippen molar-refractivity contribution in [2.75, 3.05) is 5.73 Å². The minimum Gasteiger partial charge on any atom is -0.406 e. The molecule has 4 rings (SSSR count). The Bertz CT molecular complexity index is 1110. The lowest BCUT2D eigenvalue weighted by Crippen LogP contribution is -2.17. The van der Waals surface area contributed by atoms with E-state index in [1.165, 1.54) is 12.1 Å². The second-order valence-electron chi connectivity index (χ2n) is 6.13. The molecule has 2 aromatic carbocycles. The third-order valence-corrected chi connectivity index (χ3v) is 4.19. The molecule has 0 fully saturated rings. The molecular formula is C19H15F3N4O. The number of aryl methyl sites for hydroxylation is 1. The number of alkyl halides is 3. The standard InChI is InChI=1S/C19H15F3N4O/c1-25-10-12(9-24-25)17-11-26(18-7-2-13(23)8-16(17)18)14-3-5-15(6-4-14)27-19(20,21)22/h2-11H,23H2,1H3. The van der Waals surface area contributed by atoms with E-state index in [0.29, 0.717) is 11.4 Å². The van der Waals surface area contributed by atoms with Gasteiger partial charge in [-0.2, -0.15) is 5.10 Å². The Morgan fingerprint density at radius 2 is 1.78 bits per heavy atom. The SMILES string of the molecule is Cn1cc(-c2cn(-c3ccc(OC(F)(F)F)cc3)c3ccc(N)cc23)cn1. The maximum Gasteiger partial charge on any atom is 0.573 e. The quantitative estimate of drug-likeness (QED) is 0.538. The maximum absolute atomic E-state index is 12.4. The van der Waals surface area contributed by atoms with E-state index in [1.54, 1.807) is 29.1 Å². The summed E-state index contributed by atoms with van der Waals surface area (Å²) in [4.78, 5) is 0. The highest BCUT2D eigenvalue weighted by Crippen LogP contribution is 2.34. The van der Waals surface area contributed by atoms with Gasteiger partial charge in [0.15, 0.2) is 0 Å². The van der Waals surface area contributed by atoms with Crippen LogP contribution < -0.4 is 10.5 Å². The van der Waals surface area contributed by atoms with E-state index in [9.17, 15) is 13.2 Å². The van der Waals surface area contributed by atoms with Crippen LogP contribution in [0.3, 0.4) is 0 Å². The van der Waals surface area contributed by atoms with Crippen molar-refractivity contribution in [2.45, 2.75) is 6.36 Å². The Labute approximate surface area is 152 Å². The van der Waals surface area contributed by atoms with Crippen molar-refractivity contribution in [2.24, 2.45) is 7.05 Å². The normalized spacial score (nSPS) is 11.9. The van der Waals surface area contributed by atoms with Crippen molar-refractivity contribution in [3.05, 3.63) is 61.1 Å². The zero-order chi connectivity index (χ0) is 19.2. The monoisotopic (exact) mass is 372 g/mol. The van der Waals surface area contributed by atoms with E-state index in [0.717, 1.165) is 22.0 Å². The van der Waals surface area contributed by atoms with Crippen LogP contribution in [0, 0.1) is 0 Å². The molecule has 0 atom stereocenters. The fourth-order valence-corrected chi connectivity index (χ4v) is 3.06. The van der Waals surface area contributed by atoms with Crippen molar-refractivity contribution in [1.82, 2.24) is 14.3 Å². The van der Waals surface area contributed by atoms with Crippen LogP contribution in [0.15, 0.2) is 61.1 Å². The number of ether oxygens (including phenoxy) is 1. The molecule has 0 unspecified atom stereocenters. The summed E-state index contributed by atoms with van der Waals surface area (Å²) in [5.41, 5.74) is 10.0. The Balaban J connectivity index is 1.82. The van der Waals surface area contributed by atoms with Crippen molar-refractivity contribution in [3.63, 3.8) is 0 Å². The first-order chi connectivity index (χ1) is 12.8. The predicted molar refractivity (Wildman–Crippen MR) is 96.6 cm³/mol. The Hall–Kier alpha value is -3.42. The van der Waals surface area contributed by atoms with Gasteiger partial charge >= 0.3 is 6.36 Å². The Morgan fingerprint density at radius 3 is 2.41 bits per heavy atom. The molecule has 138 valence electrons. The Morgan fingerprint density at radius 1 is 1.04 bits per heavy atom. The highest BCUT2D eigenvalue weighted by molar-refractivity contribution is 5.98. The summed E-state index contributed by atoms with van der Waals surface area (Å²) in [5.74, 6) is -0.264. The van der Waals surface area contributed by atoms with Gasteiger partial charge in [0.25, 0.3) is 0 Å². The Kier molecular flexibility index (Phi) is 3.83. The number of nitrogens with zero attached hydrogens (tertiary/aromatic N) is 3. The molecule has 5 nitrogen and oxygen atoms in total. The first-order valence-corrected chi connectivity index (χ1v) is 8.06. The summed E-state index contributed by atoms with van der Waals surface area (Å²) in [6.45, 7) is 0. The number of anilines is 1. The van der Waals surface area contributed by atoms with Gasteiger partial charge in [0.2, 0.25) is 0 Å². The van der Waals surface area contributed by atoms with Crippen LogP contribution in [0.2, 0.25) is 0 Å². The summed E-state index contributed by atoms with van der Waals surface area (Å²) < 4.78 is 44.6. The number of nitrogen functional groups attached to an aromatic ring is 1. The highest BCUT2D eigenvalue weighted by Gasteiger charge is 2.31. The van der Waals surface area contributed by atoms with Crippen molar-refractivity contribution in [1.29, 1.82) is 0 Å². The van der Waals surface area contributed by atoms with Crippen LogP contribution in [0.25, 0.3) is 27.7 Å². The number of halogens is 3. The lowest BCUT2D eigenvalue weighted by molar-refractivity contribution is -0.274. The molecule has 2 N–H and O–H groups in total. The fourth-order valence-electron chi connectivity index (χ4n) is 3.06. The van der Waals surface area contributed by atoms with E-state index >= 15 is 0 Å². The molecule has 0 aliphatic carbocycles. The van der Waals surface area contributed by atoms with E-state index in [2.05, 4.69) is 9.84 Å². The van der Waals surface area contributed by atoms with Gasteiger partial charge in [0, 0.05) is 47.3 Å². The average molecular weight is 372 g/mol. The summed E-state index contributed by atoms with van der Waals surface area (Å²) in [7, 11) is 1.83. The molecule has 0 amide bonds. The molecule has 0 bridgehead atoms. The molecule has 0 aliphatic rings. The third-order valence-electron chi connectivity index (χ3n) is 4.19. The van der Waals surface area contributed by atoms with Gasteiger partial charge in [-0.25, -0.2) is 0 Å². The molecule has 0 saturated heterocycles. The van der Waals surface area contributed by atoms with E-state index < -0.39 is 6.36 Å². The van der Waals surface area contributed by atoms with Gasteiger partial charge in [-0.3, -0.25) is 4.68 Å². The smallest absolute Gasteiger partial charge is 0.406 e. The van der Waals surface area contributed by atoms with Crippen LogP contribution in [0.1, 0.15) is 0 Å². The van der Waals surface area contributed by atoms with Crippen LogP contribution in [-0.2, 0) is 7.05 Å². The van der Waals surface area contributed by atoms with E-state index in [1.807, 2.05) is 36.1 Å². The summed E-state index contributed by atoms with van der Waals surface area (Å²) >= 11 is 0. The molecule has 2 aromatic heterocycles. The number of hydrogen-bond acceptors (Lipinski definition) is 3. The second kappa shape index (κ2) is 6.08. The molecule has 8 heteroatoms. The van der Waals surface area contributed by atoms with Crippen molar-refractivity contribution < 1.29 is 17.9 Å². The van der Waals surface area contributed by atoms with Crippen LogP contribution in [-0.4, -0.2) is 20.7 Å². The second-order valence-corrected chi connectivity index (χ2v) is 6.13. The summed E-state index contributed by atoms with van der Waals surface area (Å²) in [5, 5.41) is 5.13. The van der Waals surface area contributed by atoms with Crippen LogP contribution in [0.5, 0.6) is 5.75 Å². The lowest BCUT2D eigenvalue weighted by Gasteiger charge is -2.10. The molecule has 0 saturated carbocycles. The minimum absolute atomic E-state index is 0.264. The molecule has 0 radical (unpaired) electrons. The topological polar surface area (TPSA) is 58.0 Å². The molecule has 0 spiro atoms. The first-order valence-electron chi connectivity index (χ1n) is 8.06. The summed E-state index contributed by atoms with van der Waals surface area (Å²) in [6.07, 6.45) is 0.846. The zero-order valence-electron chi connectivity index (χ0n) is 14.2. The zero-order valence-corrected chi connectivity index (χ0v) is 14.2. The number of rotatable bonds is 3. The summed E-state index contributed by atoms with van der Waals surface area (Å²) in [6, 6.07) is 11.3. The van der Waals surface area contributed by atoms with Crippen LogP contribution >= 0.6 is 0 Å². The van der Waals surface area contributed by atoms with Crippen molar-refractivity contribution >= 4 is 16.6 Å². The highest BCUT2D eigenvalue weighted by atomic mass is 19.4. The lowest BCUT2D eigenvalue weighted by atomic mass is 10.1. The molecule has 4 aromatic rings. The van der Waals surface area contributed by atoms with Crippen LogP contribution in [0.4, 0.5) is 18.9 Å². The fraction of sp³-hybridized carbons (Fsp3) is 0.105. The van der Waals surface area contributed by atoms with Gasteiger partial charge in [-0.1, -0.05) is 0 Å². The van der Waals surface area contributed by atoms with Gasteiger partial charge in [-0.05, 0) is 42.5 Å². The number of fused-ring (bicyclic) bond motifs is 1. The molecule has 27 heavy (non-hydrogen) atoms. The van der Waals surface area contributed by atoms with Gasteiger partial charge in [0.1, 0.15) is 5.75 Å². The van der Waals surface area contributed by atoms with E-state index in [4.69, 9.17) is 5.73 Å². The number of nitrogens with two attached hydrogens (primary N) is 1. The van der Waals surface area contributed by atoms with Crippen molar-refractivity contribution in [3.8, 4) is 22.6 Å².